The van der Waals surface area contributed by atoms with Crippen LogP contribution in [0.3, 0.4) is 0 Å². The molecule has 0 aliphatic rings. The summed E-state index contributed by atoms with van der Waals surface area (Å²) in [5.41, 5.74) is -0.554. The van der Waals surface area contributed by atoms with Gasteiger partial charge in [0, 0.05) is 5.54 Å². The Morgan fingerprint density at radius 2 is 1.88 bits per heavy atom. The first kappa shape index (κ1) is 14.7. The van der Waals surface area contributed by atoms with E-state index in [9.17, 15) is 9.59 Å². The molecule has 0 bridgehead atoms. The maximum Gasteiger partial charge on any atom is 0.410 e. The molecule has 0 aliphatic heterocycles. The van der Waals surface area contributed by atoms with Gasteiger partial charge in [-0.2, -0.15) is 0 Å². The zero-order valence-corrected chi connectivity index (χ0v) is 10.4. The summed E-state index contributed by atoms with van der Waals surface area (Å²) in [6, 6.07) is 0. The number of carboxylic acids is 1. The van der Waals surface area contributed by atoms with E-state index >= 15 is 0 Å². The molecule has 0 aromatic rings. The van der Waals surface area contributed by atoms with Crippen LogP contribution in [0.2, 0.25) is 0 Å². The van der Waals surface area contributed by atoms with Crippen molar-refractivity contribution in [2.45, 2.75) is 46.1 Å². The number of hydrogen-bond donors (Lipinski definition) is 1. The van der Waals surface area contributed by atoms with Crippen LogP contribution in [0, 0.1) is 0 Å². The monoisotopic (exact) mass is 231 g/mol. The molecule has 1 amide bonds. The predicted molar refractivity (Wildman–Crippen MR) is 60.4 cm³/mol. The number of hydrogen-bond acceptors (Lipinski definition) is 3. The minimum absolute atomic E-state index is 0.335. The van der Waals surface area contributed by atoms with Crippen molar-refractivity contribution in [3.05, 3.63) is 0 Å². The van der Waals surface area contributed by atoms with Gasteiger partial charge in [-0.1, -0.05) is 13.3 Å². The number of amides is 1. The van der Waals surface area contributed by atoms with Gasteiger partial charge in [-0.05, 0) is 27.2 Å². The van der Waals surface area contributed by atoms with Gasteiger partial charge in [-0.15, -0.1) is 0 Å². The Balaban J connectivity index is 4.39. The van der Waals surface area contributed by atoms with Crippen LogP contribution in [0.1, 0.15) is 40.5 Å². The molecule has 0 spiro atoms. The van der Waals surface area contributed by atoms with Gasteiger partial charge in [-0.3, -0.25) is 9.69 Å². The molecule has 0 fully saturated rings. The summed E-state index contributed by atoms with van der Waals surface area (Å²) in [7, 11) is 0. The molecule has 0 heterocycles. The average molecular weight is 231 g/mol. The lowest BCUT2D eigenvalue weighted by Gasteiger charge is -2.33. The number of carbonyl (C=O) groups excluding carboxylic acids is 1. The van der Waals surface area contributed by atoms with E-state index < -0.39 is 17.6 Å². The van der Waals surface area contributed by atoms with Crippen molar-refractivity contribution in [3.8, 4) is 0 Å². The maximum absolute atomic E-state index is 11.6. The van der Waals surface area contributed by atoms with Crippen molar-refractivity contribution < 1.29 is 19.4 Å². The summed E-state index contributed by atoms with van der Waals surface area (Å²) >= 11 is 0. The second-order valence-corrected chi connectivity index (χ2v) is 4.62. The lowest BCUT2D eigenvalue weighted by molar-refractivity contribution is -0.139. The number of carbonyl (C=O) groups is 2. The van der Waals surface area contributed by atoms with Crippen LogP contribution in [0.15, 0.2) is 0 Å². The zero-order valence-electron chi connectivity index (χ0n) is 10.4. The summed E-state index contributed by atoms with van der Waals surface area (Å²) in [5.74, 6) is -1.04. The SMILES string of the molecule is CCCCOC(=O)N(CC(=O)O)C(C)(C)C. The molecular formula is C11H21NO4. The molecule has 0 radical (unpaired) electrons. The second-order valence-electron chi connectivity index (χ2n) is 4.62. The lowest BCUT2D eigenvalue weighted by Crippen LogP contribution is -2.48. The maximum atomic E-state index is 11.6. The molecule has 0 atom stereocenters. The number of ether oxygens (including phenoxy) is 1. The van der Waals surface area contributed by atoms with E-state index in [1.54, 1.807) is 20.8 Å². The minimum atomic E-state index is -1.04. The predicted octanol–water partition coefficient (Wildman–Crippen LogP) is 2.11. The van der Waals surface area contributed by atoms with Gasteiger partial charge >= 0.3 is 12.1 Å². The third-order valence-electron chi connectivity index (χ3n) is 2.05. The summed E-state index contributed by atoms with van der Waals surface area (Å²) in [6.45, 7) is 7.31. The molecule has 0 saturated heterocycles. The molecule has 1 N–H and O–H groups in total. The summed E-state index contributed by atoms with van der Waals surface area (Å²) in [5, 5.41) is 8.72. The van der Waals surface area contributed by atoms with Gasteiger partial charge < -0.3 is 9.84 Å². The van der Waals surface area contributed by atoms with Gasteiger partial charge in [0.25, 0.3) is 0 Å². The van der Waals surface area contributed by atoms with Gasteiger partial charge in [0.2, 0.25) is 0 Å². The van der Waals surface area contributed by atoms with Crippen LogP contribution in [0.25, 0.3) is 0 Å². The van der Waals surface area contributed by atoms with Crippen LogP contribution in [0.4, 0.5) is 4.79 Å². The Kier molecular flexibility index (Phi) is 5.85. The van der Waals surface area contributed by atoms with Crippen molar-refractivity contribution in [1.82, 2.24) is 4.90 Å². The quantitative estimate of drug-likeness (QED) is 0.736. The number of carboxylic acid groups (broad SMARTS) is 1. The number of nitrogens with zero attached hydrogens (tertiary/aromatic N) is 1. The molecule has 0 aromatic heterocycles. The number of aliphatic carboxylic acids is 1. The van der Waals surface area contributed by atoms with Gasteiger partial charge in [0.05, 0.1) is 6.61 Å². The van der Waals surface area contributed by atoms with Crippen LogP contribution >= 0.6 is 0 Å². The van der Waals surface area contributed by atoms with Crippen molar-refractivity contribution >= 4 is 12.1 Å². The van der Waals surface area contributed by atoms with E-state index in [0.29, 0.717) is 6.61 Å². The minimum Gasteiger partial charge on any atom is -0.480 e. The molecule has 5 heteroatoms. The molecule has 0 aromatic carbocycles. The number of unbranched alkanes of at least 4 members (excludes halogenated alkanes) is 1. The van der Waals surface area contributed by atoms with Crippen molar-refractivity contribution in [2.24, 2.45) is 0 Å². The Hall–Kier alpha value is -1.26. The fourth-order valence-corrected chi connectivity index (χ4v) is 1.09. The van der Waals surface area contributed by atoms with E-state index in [1.807, 2.05) is 6.92 Å². The molecule has 16 heavy (non-hydrogen) atoms. The van der Waals surface area contributed by atoms with Gasteiger partial charge in [-0.25, -0.2) is 4.79 Å². The molecule has 0 aliphatic carbocycles. The Bertz CT molecular complexity index is 245. The largest absolute Gasteiger partial charge is 0.480 e. The Morgan fingerprint density at radius 3 is 2.25 bits per heavy atom. The smallest absolute Gasteiger partial charge is 0.410 e. The van der Waals surface area contributed by atoms with Crippen LogP contribution in [0.5, 0.6) is 0 Å². The van der Waals surface area contributed by atoms with E-state index in [2.05, 4.69) is 0 Å². The van der Waals surface area contributed by atoms with E-state index in [-0.39, 0.29) is 6.54 Å². The highest BCUT2D eigenvalue weighted by Crippen LogP contribution is 2.14. The first-order valence-corrected chi connectivity index (χ1v) is 5.45. The molecule has 0 saturated carbocycles. The van der Waals surface area contributed by atoms with E-state index in [1.165, 1.54) is 4.90 Å². The van der Waals surface area contributed by atoms with Gasteiger partial charge in [0.15, 0.2) is 0 Å². The van der Waals surface area contributed by atoms with E-state index in [4.69, 9.17) is 9.84 Å². The highest BCUT2D eigenvalue weighted by Gasteiger charge is 2.29. The zero-order chi connectivity index (χ0) is 12.8. The summed E-state index contributed by atoms with van der Waals surface area (Å²) in [4.78, 5) is 23.5. The summed E-state index contributed by atoms with van der Waals surface area (Å²) < 4.78 is 5.00. The molecule has 94 valence electrons. The first-order valence-electron chi connectivity index (χ1n) is 5.45. The van der Waals surface area contributed by atoms with Crippen LogP contribution < -0.4 is 0 Å². The van der Waals surface area contributed by atoms with Crippen molar-refractivity contribution in [3.63, 3.8) is 0 Å². The Labute approximate surface area is 96.4 Å². The second kappa shape index (κ2) is 6.35. The third-order valence-corrected chi connectivity index (χ3v) is 2.05. The molecule has 0 rings (SSSR count). The summed E-state index contributed by atoms with van der Waals surface area (Å²) in [6.07, 6.45) is 1.15. The molecule has 0 unspecified atom stereocenters. The number of rotatable bonds is 5. The van der Waals surface area contributed by atoms with Crippen molar-refractivity contribution in [1.29, 1.82) is 0 Å². The van der Waals surface area contributed by atoms with Crippen LogP contribution in [-0.4, -0.2) is 40.8 Å². The third kappa shape index (κ3) is 5.58. The van der Waals surface area contributed by atoms with Crippen LogP contribution in [-0.2, 0) is 9.53 Å². The average Bonchev–Trinajstić information content (AvgIpc) is 2.12. The van der Waals surface area contributed by atoms with E-state index in [0.717, 1.165) is 12.8 Å². The lowest BCUT2D eigenvalue weighted by atomic mass is 10.1. The highest BCUT2D eigenvalue weighted by molar-refractivity contribution is 5.77. The molecular weight excluding hydrogens is 210 g/mol. The first-order chi connectivity index (χ1) is 7.29. The fraction of sp³-hybridized carbons (Fsp3) is 0.818. The Morgan fingerprint density at radius 1 is 1.31 bits per heavy atom. The van der Waals surface area contributed by atoms with Gasteiger partial charge in [0.1, 0.15) is 6.54 Å². The van der Waals surface area contributed by atoms with Crippen molar-refractivity contribution in [2.75, 3.05) is 13.2 Å². The molecule has 5 nitrogen and oxygen atoms in total. The normalized spacial score (nSPS) is 11.0. The highest BCUT2D eigenvalue weighted by atomic mass is 16.6. The standard InChI is InChI=1S/C11H21NO4/c1-5-6-7-16-10(15)12(8-9(13)14)11(2,3)4/h5-8H2,1-4H3,(H,13,14). The topological polar surface area (TPSA) is 66.8 Å². The fourth-order valence-electron chi connectivity index (χ4n) is 1.09.